The van der Waals surface area contributed by atoms with Gasteiger partial charge in [-0.05, 0) is 17.7 Å². The predicted octanol–water partition coefficient (Wildman–Crippen LogP) is 3.16. The molecule has 1 aliphatic heterocycles. The van der Waals surface area contributed by atoms with Crippen molar-refractivity contribution < 1.29 is 14.7 Å². The lowest BCUT2D eigenvalue weighted by molar-refractivity contribution is -0.133. The highest BCUT2D eigenvalue weighted by Gasteiger charge is 2.39. The highest BCUT2D eigenvalue weighted by atomic mass is 79.9. The van der Waals surface area contributed by atoms with Crippen LogP contribution >= 0.6 is 15.9 Å². The van der Waals surface area contributed by atoms with Gasteiger partial charge in [0.2, 0.25) is 0 Å². The number of aliphatic hydroxyl groups excluding tert-OH is 1. The monoisotopic (exact) mass is 357 g/mol. The lowest BCUT2D eigenvalue weighted by Crippen LogP contribution is -2.21. The lowest BCUT2D eigenvalue weighted by Gasteiger charge is -2.13. The summed E-state index contributed by atoms with van der Waals surface area (Å²) >= 11 is 3.34. The zero-order valence-corrected chi connectivity index (χ0v) is 13.0. The van der Waals surface area contributed by atoms with Crippen molar-refractivity contribution in [2.45, 2.75) is 6.04 Å². The molecule has 2 aromatic carbocycles. The maximum atomic E-state index is 12.1. The number of nitrogens with one attached hydrogen (secondary N) is 1. The van der Waals surface area contributed by atoms with Crippen molar-refractivity contribution in [1.29, 1.82) is 0 Å². The van der Waals surface area contributed by atoms with Crippen LogP contribution in [0.1, 0.15) is 17.2 Å². The van der Waals surface area contributed by atoms with Gasteiger partial charge in [0.15, 0.2) is 0 Å². The molecule has 4 nitrogen and oxygen atoms in total. The van der Waals surface area contributed by atoms with Gasteiger partial charge >= 0.3 is 0 Å². The van der Waals surface area contributed by atoms with Gasteiger partial charge < -0.3 is 10.4 Å². The van der Waals surface area contributed by atoms with E-state index in [1.807, 2.05) is 18.2 Å². The summed E-state index contributed by atoms with van der Waals surface area (Å²) in [6, 6.07) is 15.3. The Hall–Kier alpha value is -2.40. The highest BCUT2D eigenvalue weighted by Crippen LogP contribution is 2.33. The smallest absolute Gasteiger partial charge is 0.293 e. The molecular weight excluding hydrogens is 346 g/mol. The summed E-state index contributed by atoms with van der Waals surface area (Å²) in [4.78, 5) is 23.9. The van der Waals surface area contributed by atoms with Crippen LogP contribution in [0.4, 0.5) is 0 Å². The van der Waals surface area contributed by atoms with Crippen molar-refractivity contribution in [3.05, 3.63) is 75.8 Å². The molecule has 0 aromatic heterocycles. The van der Waals surface area contributed by atoms with Crippen LogP contribution in [-0.4, -0.2) is 16.8 Å². The summed E-state index contributed by atoms with van der Waals surface area (Å²) in [6.45, 7) is 0. The van der Waals surface area contributed by atoms with Gasteiger partial charge in [0.25, 0.3) is 11.7 Å². The van der Waals surface area contributed by atoms with E-state index in [2.05, 4.69) is 21.2 Å². The van der Waals surface area contributed by atoms with Crippen molar-refractivity contribution in [3.63, 3.8) is 0 Å². The number of carbonyl (C=O) groups excluding carboxylic acids is 2. The number of Topliss-reactive ketones (excluding diaryl/α,β-unsaturated/α-hetero) is 1. The molecule has 2 N–H and O–H groups in total. The van der Waals surface area contributed by atoms with Gasteiger partial charge in [-0.1, -0.05) is 58.4 Å². The Balaban J connectivity index is 2.11. The third-order valence-corrected chi connectivity index (χ3v) is 4.05. The lowest BCUT2D eigenvalue weighted by atomic mass is 9.96. The molecule has 2 aromatic rings. The minimum atomic E-state index is -0.703. The quantitative estimate of drug-likeness (QED) is 0.492. The molecule has 110 valence electrons. The molecule has 1 saturated heterocycles. The van der Waals surface area contributed by atoms with Crippen LogP contribution in [0, 0.1) is 0 Å². The molecule has 0 saturated carbocycles. The Bertz CT molecular complexity index is 766. The summed E-state index contributed by atoms with van der Waals surface area (Å²) in [6.07, 6.45) is 0. The predicted molar refractivity (Wildman–Crippen MR) is 86.0 cm³/mol. The first-order chi connectivity index (χ1) is 10.6. The molecule has 0 radical (unpaired) electrons. The molecule has 1 fully saturated rings. The number of hydrogen-bond acceptors (Lipinski definition) is 3. The maximum absolute atomic E-state index is 12.1. The average Bonchev–Trinajstić information content (AvgIpc) is 2.84. The summed E-state index contributed by atoms with van der Waals surface area (Å²) in [5.74, 6) is -1.57. The number of hydrogen-bond donors (Lipinski definition) is 2. The first kappa shape index (κ1) is 14.5. The maximum Gasteiger partial charge on any atom is 0.293 e. The molecule has 5 heteroatoms. The Morgan fingerprint density at radius 3 is 2.27 bits per heavy atom. The van der Waals surface area contributed by atoms with Gasteiger partial charge in [-0.3, -0.25) is 9.59 Å². The van der Waals surface area contributed by atoms with Crippen LogP contribution in [0.2, 0.25) is 0 Å². The molecule has 0 bridgehead atoms. The van der Waals surface area contributed by atoms with Gasteiger partial charge in [0.05, 0.1) is 11.6 Å². The van der Waals surface area contributed by atoms with E-state index in [1.165, 1.54) is 0 Å². The molecule has 1 amide bonds. The second kappa shape index (κ2) is 5.77. The van der Waals surface area contributed by atoms with E-state index < -0.39 is 17.7 Å². The van der Waals surface area contributed by atoms with Crippen LogP contribution in [0.15, 0.2) is 64.6 Å². The SMILES string of the molecule is O=C1N[C@@H](c2ccc(Br)cc2)C(=C(O)c2ccccc2)C1=O. The van der Waals surface area contributed by atoms with Gasteiger partial charge in [-0.2, -0.15) is 0 Å². The van der Waals surface area contributed by atoms with Crippen molar-refractivity contribution in [3.8, 4) is 0 Å². The molecule has 1 heterocycles. The zero-order valence-electron chi connectivity index (χ0n) is 11.4. The number of benzene rings is 2. The van der Waals surface area contributed by atoms with Crippen LogP contribution in [-0.2, 0) is 9.59 Å². The average molecular weight is 358 g/mol. The van der Waals surface area contributed by atoms with Crippen LogP contribution in [0.3, 0.4) is 0 Å². The number of aliphatic hydroxyl groups is 1. The third-order valence-electron chi connectivity index (χ3n) is 3.52. The Morgan fingerprint density at radius 2 is 1.64 bits per heavy atom. The van der Waals surface area contributed by atoms with E-state index in [-0.39, 0.29) is 11.3 Å². The molecule has 22 heavy (non-hydrogen) atoms. The summed E-state index contributed by atoms with van der Waals surface area (Å²) in [5, 5.41) is 13.1. The van der Waals surface area contributed by atoms with Crippen LogP contribution in [0.5, 0.6) is 0 Å². The highest BCUT2D eigenvalue weighted by molar-refractivity contribution is 9.10. The first-order valence-electron chi connectivity index (χ1n) is 6.67. The van der Waals surface area contributed by atoms with Gasteiger partial charge in [0.1, 0.15) is 5.76 Å². The Labute approximate surface area is 135 Å². The van der Waals surface area contributed by atoms with E-state index in [1.54, 1.807) is 36.4 Å². The van der Waals surface area contributed by atoms with Crippen molar-refractivity contribution in [2.24, 2.45) is 0 Å². The zero-order chi connectivity index (χ0) is 15.7. The summed E-state index contributed by atoms with van der Waals surface area (Å²) in [7, 11) is 0. The van der Waals surface area contributed by atoms with E-state index in [0.717, 1.165) is 10.0 Å². The van der Waals surface area contributed by atoms with Gasteiger partial charge in [0, 0.05) is 10.0 Å². The Kier molecular flexibility index (Phi) is 3.81. The number of carbonyl (C=O) groups is 2. The fourth-order valence-corrected chi connectivity index (χ4v) is 2.69. The van der Waals surface area contributed by atoms with Crippen molar-refractivity contribution >= 4 is 33.4 Å². The topological polar surface area (TPSA) is 66.4 Å². The minimum absolute atomic E-state index is 0.0820. The largest absolute Gasteiger partial charge is 0.507 e. The molecule has 1 atom stereocenters. The normalized spacial score (nSPS) is 20.0. The summed E-state index contributed by atoms with van der Waals surface area (Å²) < 4.78 is 0.893. The molecule has 0 spiro atoms. The second-order valence-corrected chi connectivity index (χ2v) is 5.83. The van der Waals surface area contributed by atoms with Gasteiger partial charge in [-0.15, -0.1) is 0 Å². The van der Waals surface area contributed by atoms with E-state index in [4.69, 9.17) is 0 Å². The van der Waals surface area contributed by atoms with E-state index in [0.29, 0.717) is 5.56 Å². The number of ketones is 1. The second-order valence-electron chi connectivity index (χ2n) is 4.92. The minimum Gasteiger partial charge on any atom is -0.507 e. The fraction of sp³-hybridized carbons (Fsp3) is 0.0588. The molecule has 3 rings (SSSR count). The van der Waals surface area contributed by atoms with Crippen molar-refractivity contribution in [2.75, 3.05) is 0 Å². The number of halogens is 1. The summed E-state index contributed by atoms with van der Waals surface area (Å²) in [5.41, 5.74) is 1.32. The standard InChI is InChI=1S/C17H12BrNO3/c18-12-8-6-10(7-9-12)14-13(16(21)17(22)19-14)15(20)11-4-2-1-3-5-11/h1-9,14,20H,(H,19,22)/t14-/m0/s1. The van der Waals surface area contributed by atoms with Gasteiger partial charge in [-0.25, -0.2) is 0 Å². The van der Waals surface area contributed by atoms with Crippen LogP contribution < -0.4 is 5.32 Å². The van der Waals surface area contributed by atoms with Crippen molar-refractivity contribution in [1.82, 2.24) is 5.32 Å². The van der Waals surface area contributed by atoms with Crippen LogP contribution in [0.25, 0.3) is 5.76 Å². The molecular formula is C17H12BrNO3. The Morgan fingerprint density at radius 1 is 1.00 bits per heavy atom. The van der Waals surface area contributed by atoms with E-state index in [9.17, 15) is 14.7 Å². The van der Waals surface area contributed by atoms with E-state index >= 15 is 0 Å². The molecule has 0 aliphatic carbocycles. The first-order valence-corrected chi connectivity index (χ1v) is 7.46. The number of rotatable bonds is 2. The number of amides is 1. The fourth-order valence-electron chi connectivity index (χ4n) is 2.42. The third kappa shape index (κ3) is 2.55. The molecule has 1 aliphatic rings. The molecule has 0 unspecified atom stereocenters.